The van der Waals surface area contributed by atoms with E-state index in [1.807, 2.05) is 36.4 Å². The van der Waals surface area contributed by atoms with Crippen molar-refractivity contribution in [3.8, 4) is 67.8 Å². The van der Waals surface area contributed by atoms with Gasteiger partial charge in [-0.1, -0.05) is 194 Å². The summed E-state index contributed by atoms with van der Waals surface area (Å²) in [7, 11) is 0. The fraction of sp³-hybridized carbons (Fsp3) is 0. The minimum absolute atomic E-state index is 0.554. The van der Waals surface area contributed by atoms with Gasteiger partial charge in [-0.25, -0.2) is 4.98 Å². The van der Waals surface area contributed by atoms with E-state index in [1.54, 1.807) is 0 Å². The Kier molecular flexibility index (Phi) is 8.42. The molecule has 0 aliphatic rings. The zero-order valence-electron chi connectivity index (χ0n) is 33.6. The third-order valence-corrected chi connectivity index (χ3v) is 12.0. The summed E-state index contributed by atoms with van der Waals surface area (Å²) in [4.78, 5) is 15.8. The highest BCUT2D eigenvalue weighted by molar-refractivity contribution is 6.28. The first-order valence-electron chi connectivity index (χ1n) is 21.0. The topological polar surface area (TPSA) is 48.5 Å². The third-order valence-electron chi connectivity index (χ3n) is 12.0. The normalized spacial score (nSPS) is 11.5. The van der Waals surface area contributed by atoms with Gasteiger partial charge in [0.05, 0.1) is 22.1 Å². The van der Waals surface area contributed by atoms with Crippen LogP contribution in [0.4, 0.5) is 0 Å². The SMILES string of the molecule is c1ccc(-c2ccc(-c3cc4c5ccccc5n(-c5ccc(-c6ccccc6)cc5)c4c4c3c3ccccc3n4-c3nc(-c4ccccc4)nc(-c4ccccc4)n3)cc2)cc1. The molecule has 0 aliphatic heterocycles. The van der Waals surface area contributed by atoms with E-state index in [1.165, 1.54) is 27.6 Å². The molecular weight excluding hydrogens is 755 g/mol. The number of rotatable bonds is 7. The zero-order chi connectivity index (χ0) is 41.0. The van der Waals surface area contributed by atoms with Gasteiger partial charge in [-0.3, -0.25) is 4.57 Å². The molecule has 62 heavy (non-hydrogen) atoms. The fourth-order valence-corrected chi connectivity index (χ4v) is 9.11. The van der Waals surface area contributed by atoms with Crippen LogP contribution < -0.4 is 0 Å². The first-order chi connectivity index (χ1) is 30.8. The first-order valence-corrected chi connectivity index (χ1v) is 21.0. The van der Waals surface area contributed by atoms with Gasteiger partial charge in [-0.05, 0) is 63.7 Å². The Morgan fingerprint density at radius 1 is 0.290 bits per heavy atom. The Morgan fingerprint density at radius 2 is 0.710 bits per heavy atom. The van der Waals surface area contributed by atoms with Gasteiger partial charge in [0.2, 0.25) is 5.95 Å². The molecule has 0 N–H and O–H groups in total. The first kappa shape index (κ1) is 35.5. The summed E-state index contributed by atoms with van der Waals surface area (Å²) in [5, 5.41) is 4.56. The van der Waals surface area contributed by atoms with E-state index < -0.39 is 0 Å². The van der Waals surface area contributed by atoms with Crippen LogP contribution in [0.2, 0.25) is 0 Å². The van der Waals surface area contributed by atoms with E-state index >= 15 is 0 Å². The lowest BCUT2D eigenvalue weighted by Crippen LogP contribution is -2.07. The molecule has 0 radical (unpaired) electrons. The average Bonchev–Trinajstić information content (AvgIpc) is 3.88. The molecule has 9 aromatic carbocycles. The molecule has 0 spiro atoms. The van der Waals surface area contributed by atoms with E-state index in [0.29, 0.717) is 17.6 Å². The molecule has 290 valence electrons. The predicted octanol–water partition coefficient (Wildman–Crippen LogP) is 14.4. The number of fused-ring (bicyclic) bond motifs is 7. The van der Waals surface area contributed by atoms with Crippen molar-refractivity contribution in [1.82, 2.24) is 24.1 Å². The smallest absolute Gasteiger partial charge is 0.238 e. The molecule has 5 heteroatoms. The second-order valence-electron chi connectivity index (χ2n) is 15.6. The standard InChI is InChI=1S/C57H37N5/c1-5-17-38(18-6-1)40-29-31-42(32-30-40)48-37-49-46-25-13-15-27-50(46)61(45-35-33-41(34-36-45)39-19-7-2-8-20-39)53(49)54-52(48)47-26-14-16-28-51(47)62(54)57-59-55(43-21-9-3-10-22-43)58-56(60-57)44-23-11-4-12-24-44/h1-37H. The van der Waals surface area contributed by atoms with Crippen molar-refractivity contribution in [2.75, 3.05) is 0 Å². The number of nitrogens with zero attached hydrogens (tertiary/aromatic N) is 5. The van der Waals surface area contributed by atoms with Crippen molar-refractivity contribution in [3.63, 3.8) is 0 Å². The van der Waals surface area contributed by atoms with E-state index in [4.69, 9.17) is 15.0 Å². The van der Waals surface area contributed by atoms with E-state index in [9.17, 15) is 0 Å². The van der Waals surface area contributed by atoms with Crippen LogP contribution in [-0.4, -0.2) is 24.1 Å². The number of aromatic nitrogens is 5. The van der Waals surface area contributed by atoms with Gasteiger partial charge in [0.25, 0.3) is 0 Å². The van der Waals surface area contributed by atoms with Crippen molar-refractivity contribution < 1.29 is 0 Å². The second kappa shape index (κ2) is 14.7. The number of para-hydroxylation sites is 2. The summed E-state index contributed by atoms with van der Waals surface area (Å²) in [5.41, 5.74) is 14.2. The molecule has 3 aromatic heterocycles. The largest absolute Gasteiger partial charge is 0.307 e. The lowest BCUT2D eigenvalue weighted by atomic mass is 9.95. The Hall–Kier alpha value is -8.41. The molecule has 0 aliphatic carbocycles. The molecular formula is C57H37N5. The highest BCUT2D eigenvalue weighted by atomic mass is 15.2. The van der Waals surface area contributed by atoms with Crippen LogP contribution in [0.25, 0.3) is 111 Å². The predicted molar refractivity (Wildman–Crippen MR) is 256 cm³/mol. The molecule has 0 saturated heterocycles. The lowest BCUT2D eigenvalue weighted by Gasteiger charge is -2.15. The number of hydrogen-bond donors (Lipinski definition) is 0. The van der Waals surface area contributed by atoms with Gasteiger partial charge in [0, 0.05) is 38.4 Å². The van der Waals surface area contributed by atoms with Crippen LogP contribution in [0, 0.1) is 0 Å². The highest BCUT2D eigenvalue weighted by Crippen LogP contribution is 2.46. The number of benzene rings is 9. The second-order valence-corrected chi connectivity index (χ2v) is 15.6. The van der Waals surface area contributed by atoms with Crippen molar-refractivity contribution in [3.05, 3.63) is 224 Å². The van der Waals surface area contributed by atoms with Gasteiger partial charge < -0.3 is 4.57 Å². The van der Waals surface area contributed by atoms with Gasteiger partial charge >= 0.3 is 0 Å². The molecule has 0 unspecified atom stereocenters. The molecule has 3 heterocycles. The maximum absolute atomic E-state index is 5.36. The Balaban J connectivity index is 1.22. The molecule has 0 atom stereocenters. The summed E-state index contributed by atoms with van der Waals surface area (Å²) in [6.07, 6.45) is 0. The molecule has 0 saturated carbocycles. The maximum atomic E-state index is 5.36. The van der Waals surface area contributed by atoms with E-state index in [-0.39, 0.29) is 0 Å². The molecule has 0 bridgehead atoms. The van der Waals surface area contributed by atoms with Crippen LogP contribution in [0.1, 0.15) is 0 Å². The van der Waals surface area contributed by atoms with Crippen molar-refractivity contribution in [2.45, 2.75) is 0 Å². The Bertz CT molecular complexity index is 3520. The summed E-state index contributed by atoms with van der Waals surface area (Å²) < 4.78 is 4.71. The van der Waals surface area contributed by atoms with Crippen LogP contribution in [0.15, 0.2) is 224 Å². The Labute approximate surface area is 358 Å². The quantitative estimate of drug-likeness (QED) is 0.162. The molecule has 0 fully saturated rings. The van der Waals surface area contributed by atoms with Crippen LogP contribution in [0.5, 0.6) is 0 Å². The van der Waals surface area contributed by atoms with Crippen molar-refractivity contribution in [1.29, 1.82) is 0 Å². The molecule has 0 amide bonds. The van der Waals surface area contributed by atoms with Gasteiger partial charge in [-0.15, -0.1) is 0 Å². The summed E-state index contributed by atoms with van der Waals surface area (Å²) in [6, 6.07) is 79.3. The monoisotopic (exact) mass is 791 g/mol. The molecule has 12 rings (SSSR count). The van der Waals surface area contributed by atoms with Gasteiger partial charge in [0.15, 0.2) is 11.6 Å². The van der Waals surface area contributed by atoms with Gasteiger partial charge in [-0.2, -0.15) is 9.97 Å². The summed E-state index contributed by atoms with van der Waals surface area (Å²) in [5.74, 6) is 1.78. The van der Waals surface area contributed by atoms with Gasteiger partial charge in [0.1, 0.15) is 0 Å². The molecule has 5 nitrogen and oxygen atoms in total. The molecule has 12 aromatic rings. The lowest BCUT2D eigenvalue weighted by molar-refractivity contribution is 0.953. The minimum atomic E-state index is 0.554. The van der Waals surface area contributed by atoms with Crippen LogP contribution >= 0.6 is 0 Å². The van der Waals surface area contributed by atoms with E-state index in [2.05, 4.69) is 197 Å². The highest BCUT2D eigenvalue weighted by Gasteiger charge is 2.26. The fourth-order valence-electron chi connectivity index (χ4n) is 9.11. The minimum Gasteiger partial charge on any atom is -0.307 e. The maximum Gasteiger partial charge on any atom is 0.238 e. The van der Waals surface area contributed by atoms with Crippen LogP contribution in [-0.2, 0) is 0 Å². The third kappa shape index (κ3) is 5.90. The van der Waals surface area contributed by atoms with Crippen LogP contribution in [0.3, 0.4) is 0 Å². The number of hydrogen-bond acceptors (Lipinski definition) is 3. The Morgan fingerprint density at radius 3 is 1.26 bits per heavy atom. The average molecular weight is 792 g/mol. The zero-order valence-corrected chi connectivity index (χ0v) is 33.6. The summed E-state index contributed by atoms with van der Waals surface area (Å²) >= 11 is 0. The summed E-state index contributed by atoms with van der Waals surface area (Å²) in [6.45, 7) is 0. The van der Waals surface area contributed by atoms with Crippen molar-refractivity contribution in [2.24, 2.45) is 0 Å². The van der Waals surface area contributed by atoms with E-state index in [0.717, 1.165) is 66.2 Å². The van der Waals surface area contributed by atoms with Crippen molar-refractivity contribution >= 4 is 43.6 Å².